The standard InChI is InChI=1S/C16H22O3/c1-6-10(3)8-9-13-11(4)14(17)16(19-5)12(7-2)15(13)18/h8H,6-7,9H2,1-5H3/b10-8+. The Balaban J connectivity index is 3.17. The second-order valence-corrected chi connectivity index (χ2v) is 4.74. The fraction of sp³-hybridized carbons (Fsp3) is 0.500. The Hall–Kier alpha value is -1.64. The Bertz CT molecular complexity index is 490. The number of Topliss-reactive ketones (excluding diaryl/α,β-unsaturated/α-hetero) is 2. The van der Waals surface area contributed by atoms with Gasteiger partial charge in [-0.25, -0.2) is 0 Å². The lowest BCUT2D eigenvalue weighted by atomic mass is 9.85. The number of carbonyl (C=O) groups is 2. The van der Waals surface area contributed by atoms with E-state index in [0.717, 1.165) is 6.42 Å². The van der Waals surface area contributed by atoms with Gasteiger partial charge < -0.3 is 4.74 Å². The van der Waals surface area contributed by atoms with E-state index in [0.29, 0.717) is 29.6 Å². The summed E-state index contributed by atoms with van der Waals surface area (Å²) in [6.07, 6.45) is 4.01. The van der Waals surface area contributed by atoms with Gasteiger partial charge in [-0.05, 0) is 33.1 Å². The largest absolute Gasteiger partial charge is 0.492 e. The Morgan fingerprint density at radius 2 is 1.79 bits per heavy atom. The van der Waals surface area contributed by atoms with E-state index in [1.165, 1.54) is 12.7 Å². The summed E-state index contributed by atoms with van der Waals surface area (Å²) in [6, 6.07) is 0. The van der Waals surface area contributed by atoms with Gasteiger partial charge in [0.05, 0.1) is 7.11 Å². The number of ketones is 2. The van der Waals surface area contributed by atoms with Crippen LogP contribution in [0.15, 0.2) is 34.1 Å². The highest BCUT2D eigenvalue weighted by molar-refractivity contribution is 6.24. The molecule has 1 aliphatic carbocycles. The third-order valence-corrected chi connectivity index (χ3v) is 3.59. The molecule has 0 radical (unpaired) electrons. The van der Waals surface area contributed by atoms with Gasteiger partial charge in [-0.2, -0.15) is 0 Å². The van der Waals surface area contributed by atoms with Crippen LogP contribution >= 0.6 is 0 Å². The van der Waals surface area contributed by atoms with Crippen molar-refractivity contribution < 1.29 is 14.3 Å². The average molecular weight is 262 g/mol. The highest BCUT2D eigenvalue weighted by Gasteiger charge is 2.31. The van der Waals surface area contributed by atoms with Crippen molar-refractivity contribution in [2.45, 2.75) is 47.0 Å². The minimum absolute atomic E-state index is 0.0448. The van der Waals surface area contributed by atoms with Crippen LogP contribution in [-0.4, -0.2) is 18.7 Å². The van der Waals surface area contributed by atoms with Crippen molar-refractivity contribution in [2.24, 2.45) is 0 Å². The van der Waals surface area contributed by atoms with Crippen LogP contribution in [-0.2, 0) is 14.3 Å². The molecule has 0 amide bonds. The lowest BCUT2D eigenvalue weighted by Crippen LogP contribution is -2.23. The van der Waals surface area contributed by atoms with Gasteiger partial charge in [0.25, 0.3) is 0 Å². The zero-order chi connectivity index (χ0) is 14.6. The number of rotatable bonds is 5. The predicted octanol–water partition coefficient (Wildman–Crippen LogP) is 3.51. The molecule has 3 nitrogen and oxygen atoms in total. The highest BCUT2D eigenvalue weighted by Crippen LogP contribution is 2.29. The van der Waals surface area contributed by atoms with Gasteiger partial charge in [0, 0.05) is 16.7 Å². The molecule has 0 N–H and O–H groups in total. The topological polar surface area (TPSA) is 43.4 Å². The summed E-state index contributed by atoms with van der Waals surface area (Å²) in [5, 5.41) is 0. The lowest BCUT2D eigenvalue weighted by molar-refractivity contribution is -0.119. The molecule has 0 aromatic heterocycles. The van der Waals surface area contributed by atoms with Crippen molar-refractivity contribution in [1.29, 1.82) is 0 Å². The van der Waals surface area contributed by atoms with Gasteiger partial charge in [0.15, 0.2) is 11.5 Å². The van der Waals surface area contributed by atoms with Crippen LogP contribution in [0.4, 0.5) is 0 Å². The SMILES string of the molecule is CCC1=C(OC)C(=O)C(C)=C(C/C=C(\C)CC)C1=O. The molecule has 1 rings (SSSR count). The van der Waals surface area contributed by atoms with E-state index in [2.05, 4.69) is 6.92 Å². The predicted molar refractivity (Wildman–Crippen MR) is 75.7 cm³/mol. The first-order valence-corrected chi connectivity index (χ1v) is 6.69. The van der Waals surface area contributed by atoms with Crippen molar-refractivity contribution in [3.05, 3.63) is 34.1 Å². The van der Waals surface area contributed by atoms with Crippen LogP contribution < -0.4 is 0 Å². The molecular weight excluding hydrogens is 240 g/mol. The highest BCUT2D eigenvalue weighted by atomic mass is 16.5. The third kappa shape index (κ3) is 3.03. The van der Waals surface area contributed by atoms with E-state index < -0.39 is 0 Å². The third-order valence-electron chi connectivity index (χ3n) is 3.59. The van der Waals surface area contributed by atoms with Crippen LogP contribution in [0.1, 0.15) is 47.0 Å². The summed E-state index contributed by atoms with van der Waals surface area (Å²) in [4.78, 5) is 24.6. The van der Waals surface area contributed by atoms with Crippen molar-refractivity contribution in [2.75, 3.05) is 7.11 Å². The Kier molecular flexibility index (Phi) is 5.28. The summed E-state index contributed by atoms with van der Waals surface area (Å²) in [6.45, 7) is 7.67. The van der Waals surface area contributed by atoms with Gasteiger partial charge >= 0.3 is 0 Å². The van der Waals surface area contributed by atoms with Crippen LogP contribution in [0.2, 0.25) is 0 Å². The number of hydrogen-bond donors (Lipinski definition) is 0. The molecule has 0 heterocycles. The molecule has 0 aromatic rings. The van der Waals surface area contributed by atoms with Crippen LogP contribution in [0.25, 0.3) is 0 Å². The van der Waals surface area contributed by atoms with E-state index >= 15 is 0 Å². The summed E-state index contributed by atoms with van der Waals surface area (Å²) in [5.41, 5.74) is 2.84. The molecule has 1 aliphatic rings. The zero-order valence-electron chi connectivity index (χ0n) is 12.4. The second-order valence-electron chi connectivity index (χ2n) is 4.74. The molecule has 19 heavy (non-hydrogen) atoms. The van der Waals surface area contributed by atoms with Crippen LogP contribution in [0, 0.1) is 0 Å². The Morgan fingerprint density at radius 3 is 2.26 bits per heavy atom. The summed E-state index contributed by atoms with van der Waals surface area (Å²) >= 11 is 0. The van der Waals surface area contributed by atoms with Gasteiger partial charge in [0.1, 0.15) is 0 Å². The van der Waals surface area contributed by atoms with Gasteiger partial charge in [-0.1, -0.05) is 25.5 Å². The number of hydrogen-bond acceptors (Lipinski definition) is 3. The van der Waals surface area contributed by atoms with E-state index in [-0.39, 0.29) is 17.3 Å². The molecule has 0 atom stereocenters. The van der Waals surface area contributed by atoms with Crippen LogP contribution in [0.5, 0.6) is 0 Å². The fourth-order valence-corrected chi connectivity index (χ4v) is 2.10. The number of carbonyl (C=O) groups excluding carboxylic acids is 2. The van der Waals surface area contributed by atoms with E-state index in [1.54, 1.807) is 6.92 Å². The molecule has 0 bridgehead atoms. The van der Waals surface area contributed by atoms with Crippen molar-refractivity contribution >= 4 is 11.6 Å². The molecule has 0 unspecified atom stereocenters. The van der Waals surface area contributed by atoms with E-state index in [1.807, 2.05) is 19.9 Å². The van der Waals surface area contributed by atoms with Crippen molar-refractivity contribution in [1.82, 2.24) is 0 Å². The molecule has 0 spiro atoms. The normalized spacial score (nSPS) is 17.4. The molecule has 0 aromatic carbocycles. The van der Waals surface area contributed by atoms with E-state index in [4.69, 9.17) is 4.74 Å². The second kappa shape index (κ2) is 6.50. The minimum atomic E-state index is -0.156. The van der Waals surface area contributed by atoms with Gasteiger partial charge in [-0.15, -0.1) is 0 Å². The van der Waals surface area contributed by atoms with Crippen LogP contribution in [0.3, 0.4) is 0 Å². The maximum atomic E-state index is 12.4. The molecule has 0 saturated heterocycles. The first-order valence-electron chi connectivity index (χ1n) is 6.69. The summed E-state index contributed by atoms with van der Waals surface area (Å²) in [7, 11) is 1.44. The maximum Gasteiger partial charge on any atom is 0.224 e. The van der Waals surface area contributed by atoms with Crippen molar-refractivity contribution in [3.8, 4) is 0 Å². The van der Waals surface area contributed by atoms with Gasteiger partial charge in [0.2, 0.25) is 5.78 Å². The summed E-state index contributed by atoms with van der Waals surface area (Å²) < 4.78 is 5.10. The molecule has 0 saturated carbocycles. The molecule has 0 fully saturated rings. The molecule has 0 aliphatic heterocycles. The number of ether oxygens (including phenoxy) is 1. The zero-order valence-corrected chi connectivity index (χ0v) is 12.4. The monoisotopic (exact) mass is 262 g/mol. The molecular formula is C16H22O3. The first-order chi connectivity index (χ1) is 8.97. The lowest BCUT2D eigenvalue weighted by Gasteiger charge is -2.20. The quantitative estimate of drug-likeness (QED) is 0.562. The molecule has 3 heteroatoms. The first kappa shape index (κ1) is 15.4. The Labute approximate surface area is 115 Å². The molecule has 104 valence electrons. The minimum Gasteiger partial charge on any atom is -0.492 e. The number of allylic oxidation sites excluding steroid dienone is 5. The maximum absolute atomic E-state index is 12.4. The van der Waals surface area contributed by atoms with Crippen molar-refractivity contribution in [3.63, 3.8) is 0 Å². The smallest absolute Gasteiger partial charge is 0.224 e. The van der Waals surface area contributed by atoms with E-state index in [9.17, 15) is 9.59 Å². The Morgan fingerprint density at radius 1 is 1.16 bits per heavy atom. The number of methoxy groups -OCH3 is 1. The fourth-order valence-electron chi connectivity index (χ4n) is 2.10. The summed E-state index contributed by atoms with van der Waals surface area (Å²) in [5.74, 6) is 0.0121. The van der Waals surface area contributed by atoms with Gasteiger partial charge in [-0.3, -0.25) is 9.59 Å². The average Bonchev–Trinajstić information content (AvgIpc) is 2.41.